The Kier molecular flexibility index (Phi) is 8.10. The number of carbonyl (C=O) groups is 2. The molecule has 4 aromatic carbocycles. The molecule has 4 aromatic rings. The number of hydrogen-bond donors (Lipinski definition) is 0. The molecule has 5 heteroatoms. The van der Waals surface area contributed by atoms with Crippen LogP contribution in [0.4, 0.5) is 0 Å². The Morgan fingerprint density at radius 1 is 0.561 bits per heavy atom. The van der Waals surface area contributed by atoms with Gasteiger partial charge in [0.2, 0.25) is 0 Å². The standard InChI is InChI=1S/C36H30O5/c37-31(27-13-3-1-4-14-27)21-19-25-11-7-9-17-29(25)35-33(40-35)23-39-24-34-36(41-34)30-18-10-8-12-26(30)20-22-32(38)28-15-5-2-6-16-28/h1-22,33-36H,23-24H2. The normalized spacial score (nSPS) is 21.3. The molecule has 0 amide bonds. The molecule has 2 fully saturated rings. The Hall–Kier alpha value is -4.42. The van der Waals surface area contributed by atoms with Crippen molar-refractivity contribution in [3.8, 4) is 0 Å². The number of ketones is 2. The van der Waals surface area contributed by atoms with Gasteiger partial charge in [0.05, 0.1) is 13.2 Å². The second-order valence-electron chi connectivity index (χ2n) is 10.1. The number of carbonyl (C=O) groups excluding carboxylic acids is 2. The lowest BCUT2D eigenvalue weighted by Gasteiger charge is -2.04. The molecule has 0 bridgehead atoms. The fourth-order valence-corrected chi connectivity index (χ4v) is 4.96. The third kappa shape index (κ3) is 6.67. The molecule has 2 heterocycles. The van der Waals surface area contributed by atoms with Crippen LogP contribution in [0.2, 0.25) is 0 Å². The van der Waals surface area contributed by atoms with Crippen LogP contribution in [-0.4, -0.2) is 37.0 Å². The van der Waals surface area contributed by atoms with Crippen LogP contribution in [0.3, 0.4) is 0 Å². The molecule has 2 aliphatic heterocycles. The molecule has 41 heavy (non-hydrogen) atoms. The molecule has 0 aliphatic carbocycles. The van der Waals surface area contributed by atoms with E-state index in [0.29, 0.717) is 24.3 Å². The first-order valence-corrected chi connectivity index (χ1v) is 13.8. The summed E-state index contributed by atoms with van der Waals surface area (Å²) in [5, 5.41) is 0. The number of benzene rings is 4. The summed E-state index contributed by atoms with van der Waals surface area (Å²) >= 11 is 0. The molecule has 0 N–H and O–H groups in total. The summed E-state index contributed by atoms with van der Waals surface area (Å²) in [7, 11) is 0. The second-order valence-corrected chi connectivity index (χ2v) is 10.1. The van der Waals surface area contributed by atoms with Crippen molar-refractivity contribution in [2.24, 2.45) is 0 Å². The van der Waals surface area contributed by atoms with E-state index in [0.717, 1.165) is 22.3 Å². The highest BCUT2D eigenvalue weighted by Gasteiger charge is 2.44. The van der Waals surface area contributed by atoms with Crippen molar-refractivity contribution >= 4 is 23.7 Å². The average Bonchev–Trinajstić information content (AvgIpc) is 3.97. The third-order valence-corrected chi connectivity index (χ3v) is 7.28. The van der Waals surface area contributed by atoms with Crippen molar-refractivity contribution in [2.75, 3.05) is 13.2 Å². The molecule has 4 atom stereocenters. The highest BCUT2D eigenvalue weighted by Crippen LogP contribution is 2.43. The monoisotopic (exact) mass is 542 g/mol. The van der Waals surface area contributed by atoms with E-state index in [1.807, 2.05) is 121 Å². The molecule has 4 unspecified atom stereocenters. The van der Waals surface area contributed by atoms with E-state index in [2.05, 4.69) is 0 Å². The van der Waals surface area contributed by atoms with E-state index >= 15 is 0 Å². The lowest BCUT2D eigenvalue weighted by molar-refractivity contribution is 0.102. The number of ether oxygens (including phenoxy) is 3. The molecule has 2 saturated heterocycles. The van der Waals surface area contributed by atoms with Crippen molar-refractivity contribution in [1.29, 1.82) is 0 Å². The first kappa shape index (κ1) is 26.8. The van der Waals surface area contributed by atoms with Gasteiger partial charge in [0, 0.05) is 11.1 Å². The van der Waals surface area contributed by atoms with E-state index in [-0.39, 0.29) is 36.0 Å². The Morgan fingerprint density at radius 2 is 0.951 bits per heavy atom. The smallest absolute Gasteiger partial charge is 0.185 e. The Morgan fingerprint density at radius 3 is 1.39 bits per heavy atom. The van der Waals surface area contributed by atoms with Crippen molar-refractivity contribution < 1.29 is 23.8 Å². The maximum Gasteiger partial charge on any atom is 0.185 e. The van der Waals surface area contributed by atoms with Gasteiger partial charge in [-0.05, 0) is 34.4 Å². The average molecular weight is 543 g/mol. The van der Waals surface area contributed by atoms with E-state index < -0.39 is 0 Å². The third-order valence-electron chi connectivity index (χ3n) is 7.28. The van der Waals surface area contributed by atoms with Crippen molar-refractivity contribution in [3.63, 3.8) is 0 Å². The van der Waals surface area contributed by atoms with Gasteiger partial charge in [-0.15, -0.1) is 0 Å². The minimum Gasteiger partial charge on any atom is -0.376 e. The van der Waals surface area contributed by atoms with Crippen molar-refractivity contribution in [1.82, 2.24) is 0 Å². The zero-order valence-corrected chi connectivity index (χ0v) is 22.5. The van der Waals surface area contributed by atoms with E-state index in [1.54, 1.807) is 12.2 Å². The van der Waals surface area contributed by atoms with Crippen LogP contribution in [0.25, 0.3) is 12.2 Å². The lowest BCUT2D eigenvalue weighted by atomic mass is 10.0. The zero-order valence-electron chi connectivity index (χ0n) is 22.5. The van der Waals surface area contributed by atoms with E-state index in [4.69, 9.17) is 14.2 Å². The molecule has 0 spiro atoms. The van der Waals surface area contributed by atoms with Crippen LogP contribution in [0.5, 0.6) is 0 Å². The van der Waals surface area contributed by atoms with Gasteiger partial charge in [-0.3, -0.25) is 9.59 Å². The van der Waals surface area contributed by atoms with E-state index in [1.165, 1.54) is 0 Å². The maximum atomic E-state index is 12.5. The summed E-state index contributed by atoms with van der Waals surface area (Å²) in [6, 6.07) is 34.4. The highest BCUT2D eigenvalue weighted by molar-refractivity contribution is 6.07. The minimum atomic E-state index is -0.0633. The lowest BCUT2D eigenvalue weighted by Crippen LogP contribution is -2.08. The molecule has 5 nitrogen and oxygen atoms in total. The number of allylic oxidation sites excluding steroid dienone is 2. The van der Waals surface area contributed by atoms with Crippen LogP contribution < -0.4 is 0 Å². The number of hydrogen-bond acceptors (Lipinski definition) is 5. The number of rotatable bonds is 12. The summed E-state index contributed by atoms with van der Waals surface area (Å²) in [5.74, 6) is -0.0632. The van der Waals surface area contributed by atoms with Crippen LogP contribution in [-0.2, 0) is 14.2 Å². The fraction of sp³-hybridized carbons (Fsp3) is 0.167. The predicted octanol–water partition coefficient (Wildman–Crippen LogP) is 7.08. The van der Waals surface area contributed by atoms with Gasteiger partial charge in [0.15, 0.2) is 11.6 Å². The van der Waals surface area contributed by atoms with Crippen molar-refractivity contribution in [3.05, 3.63) is 155 Å². The second kappa shape index (κ2) is 12.4. The van der Waals surface area contributed by atoms with E-state index in [9.17, 15) is 9.59 Å². The Labute approximate surface area is 239 Å². The highest BCUT2D eigenvalue weighted by atomic mass is 16.6. The first-order valence-electron chi connectivity index (χ1n) is 13.8. The summed E-state index contributed by atoms with van der Waals surface area (Å²) in [5.41, 5.74) is 5.34. The zero-order chi connectivity index (χ0) is 28.0. The van der Waals surface area contributed by atoms with Gasteiger partial charge in [-0.1, -0.05) is 121 Å². The quantitative estimate of drug-likeness (QED) is 0.109. The summed E-state index contributed by atoms with van der Waals surface area (Å²) in [6.07, 6.45) is 6.72. The molecule has 6 rings (SSSR count). The minimum absolute atomic E-state index is 0.0316. The summed E-state index contributed by atoms with van der Waals surface area (Å²) in [4.78, 5) is 25.0. The van der Waals surface area contributed by atoms with Crippen LogP contribution in [0.1, 0.15) is 55.2 Å². The summed E-state index contributed by atoms with van der Waals surface area (Å²) < 4.78 is 17.8. The SMILES string of the molecule is O=C(C=Cc1ccccc1C1OC1COCC1OC1c1ccccc1C=CC(=O)c1ccccc1)c1ccccc1. The maximum absolute atomic E-state index is 12.5. The topological polar surface area (TPSA) is 68.4 Å². The molecular weight excluding hydrogens is 512 g/mol. The number of epoxide rings is 2. The Bertz CT molecular complexity index is 1460. The van der Waals surface area contributed by atoms with Gasteiger partial charge in [0.1, 0.15) is 24.4 Å². The molecule has 2 aliphatic rings. The van der Waals surface area contributed by atoms with Crippen molar-refractivity contribution in [2.45, 2.75) is 24.4 Å². The van der Waals surface area contributed by atoms with Crippen LogP contribution in [0.15, 0.2) is 121 Å². The van der Waals surface area contributed by atoms with Gasteiger partial charge in [-0.25, -0.2) is 0 Å². The molecule has 0 aromatic heterocycles. The molecule has 0 saturated carbocycles. The fourth-order valence-electron chi connectivity index (χ4n) is 4.96. The Balaban J connectivity index is 1.00. The van der Waals surface area contributed by atoms with Gasteiger partial charge in [0.25, 0.3) is 0 Å². The van der Waals surface area contributed by atoms with Crippen LogP contribution in [0, 0.1) is 0 Å². The van der Waals surface area contributed by atoms with Gasteiger partial charge in [-0.2, -0.15) is 0 Å². The summed E-state index contributed by atoms with van der Waals surface area (Å²) in [6.45, 7) is 0.927. The molecular formula is C36H30O5. The van der Waals surface area contributed by atoms with Crippen LogP contribution >= 0.6 is 0 Å². The van der Waals surface area contributed by atoms with Gasteiger partial charge < -0.3 is 14.2 Å². The first-order chi connectivity index (χ1) is 20.2. The largest absolute Gasteiger partial charge is 0.376 e. The van der Waals surface area contributed by atoms with Gasteiger partial charge >= 0.3 is 0 Å². The molecule has 0 radical (unpaired) electrons. The predicted molar refractivity (Wildman–Crippen MR) is 159 cm³/mol. The molecule has 204 valence electrons.